The smallest absolute Gasteiger partial charge is 0.269 e. The van der Waals surface area contributed by atoms with Gasteiger partial charge < -0.3 is 0 Å². The van der Waals surface area contributed by atoms with Crippen molar-refractivity contribution in [3.8, 4) is 0 Å². The van der Waals surface area contributed by atoms with Gasteiger partial charge in [-0.3, -0.25) is 9.54 Å². The van der Waals surface area contributed by atoms with Crippen LogP contribution in [0.1, 0.15) is 0 Å². The van der Waals surface area contributed by atoms with Crippen molar-refractivity contribution in [1.29, 1.82) is 0 Å². The van der Waals surface area contributed by atoms with Crippen molar-refractivity contribution in [2.24, 2.45) is 0 Å². The second-order valence-corrected chi connectivity index (χ2v) is 3.60. The van der Waals surface area contributed by atoms with E-state index in [4.69, 9.17) is 4.55 Å². The molecule has 0 bridgehead atoms. The van der Waals surface area contributed by atoms with Gasteiger partial charge in [-0.2, -0.15) is 8.42 Å². The third kappa shape index (κ3) is 1.93. The average molecular weight is 188 g/mol. The number of anilines is 1. The van der Waals surface area contributed by atoms with Gasteiger partial charge in [-0.15, -0.1) is 0 Å². The van der Waals surface area contributed by atoms with Crippen LogP contribution in [0.5, 0.6) is 0 Å². The second kappa shape index (κ2) is 3.08. The molecule has 0 saturated carbocycles. The second-order valence-electron chi connectivity index (χ2n) is 2.16. The largest absolute Gasteiger partial charge is 0.359 e. The molecule has 0 fully saturated rings. The van der Waals surface area contributed by atoms with Crippen LogP contribution in [0.2, 0.25) is 0 Å². The molecule has 66 valence electrons. The van der Waals surface area contributed by atoms with Crippen LogP contribution in [-0.2, 0) is 10.3 Å². The maximum atomic E-state index is 10.6. The highest BCUT2D eigenvalue weighted by molar-refractivity contribution is 7.87. The molecule has 0 aliphatic carbocycles. The summed E-state index contributed by atoms with van der Waals surface area (Å²) < 4.78 is 30.5. The molecule has 6 heteroatoms. The molecule has 0 aromatic carbocycles. The molecule has 0 saturated heterocycles. The highest BCUT2D eigenvalue weighted by Gasteiger charge is 2.13. The van der Waals surface area contributed by atoms with E-state index in [-0.39, 0.29) is 0 Å². The summed E-state index contributed by atoms with van der Waals surface area (Å²) in [7, 11) is -2.92. The molecule has 0 spiro atoms. The molecule has 1 aromatic heterocycles. The van der Waals surface area contributed by atoms with Crippen LogP contribution in [-0.4, -0.2) is 25.0 Å². The molecule has 0 unspecified atom stereocenters. The van der Waals surface area contributed by atoms with Crippen LogP contribution < -0.4 is 4.31 Å². The van der Waals surface area contributed by atoms with Crippen LogP contribution in [0.25, 0.3) is 0 Å². The highest BCUT2D eigenvalue weighted by Crippen LogP contribution is 2.11. The van der Waals surface area contributed by atoms with Gasteiger partial charge in [-0.25, -0.2) is 4.31 Å². The number of hydrogen-bond donors (Lipinski definition) is 1. The third-order valence-electron chi connectivity index (χ3n) is 1.36. The minimum Gasteiger partial charge on any atom is -0.269 e. The van der Waals surface area contributed by atoms with Gasteiger partial charge in [0.05, 0.1) is 11.9 Å². The molecular formula is C6H8N2O3S. The van der Waals surface area contributed by atoms with E-state index in [0.717, 1.165) is 4.31 Å². The molecule has 1 rings (SSSR count). The lowest BCUT2D eigenvalue weighted by molar-refractivity contribution is 0.481. The van der Waals surface area contributed by atoms with E-state index >= 15 is 0 Å². The Balaban J connectivity index is 3.02. The average Bonchev–Trinajstić information content (AvgIpc) is 2.03. The van der Waals surface area contributed by atoms with Gasteiger partial charge in [0, 0.05) is 13.2 Å². The Hall–Kier alpha value is -1.14. The molecule has 0 radical (unpaired) electrons. The first-order chi connectivity index (χ1) is 5.52. The molecule has 1 heterocycles. The van der Waals surface area contributed by atoms with E-state index in [1.165, 1.54) is 25.5 Å². The summed E-state index contributed by atoms with van der Waals surface area (Å²) in [4.78, 5) is 3.70. The quantitative estimate of drug-likeness (QED) is 0.678. The Kier molecular flexibility index (Phi) is 2.30. The number of rotatable bonds is 2. The van der Waals surface area contributed by atoms with Crippen molar-refractivity contribution in [1.82, 2.24) is 4.98 Å². The Bertz CT molecular complexity index is 348. The summed E-state index contributed by atoms with van der Waals surface area (Å²) in [6, 6.07) is 3.11. The van der Waals surface area contributed by atoms with Crippen LogP contribution in [0.15, 0.2) is 24.5 Å². The maximum absolute atomic E-state index is 10.6. The van der Waals surface area contributed by atoms with Crippen molar-refractivity contribution in [2.45, 2.75) is 0 Å². The summed E-state index contributed by atoms with van der Waals surface area (Å²) in [5.41, 5.74) is 0.319. The van der Waals surface area contributed by atoms with Gasteiger partial charge in [-0.1, -0.05) is 0 Å². The zero-order valence-electron chi connectivity index (χ0n) is 6.38. The van der Waals surface area contributed by atoms with E-state index in [1.807, 2.05) is 0 Å². The fourth-order valence-corrected chi connectivity index (χ4v) is 1.05. The molecular weight excluding hydrogens is 180 g/mol. The normalized spacial score (nSPS) is 11.2. The summed E-state index contributed by atoms with van der Waals surface area (Å²) in [6.45, 7) is 0. The lowest BCUT2D eigenvalue weighted by atomic mass is 10.4. The number of pyridine rings is 1. The van der Waals surface area contributed by atoms with E-state index in [2.05, 4.69) is 4.98 Å². The van der Waals surface area contributed by atoms with Crippen LogP contribution >= 0.6 is 0 Å². The Labute approximate surface area is 70.5 Å². The fraction of sp³-hybridized carbons (Fsp3) is 0.167. The Morgan fingerprint density at radius 2 is 2.25 bits per heavy atom. The highest BCUT2D eigenvalue weighted by atomic mass is 32.2. The summed E-state index contributed by atoms with van der Waals surface area (Å²) in [5, 5.41) is 0. The molecule has 0 amide bonds. The number of nitrogens with zero attached hydrogens (tertiary/aromatic N) is 2. The predicted molar refractivity (Wildman–Crippen MR) is 44.2 cm³/mol. The van der Waals surface area contributed by atoms with Gasteiger partial charge in [0.25, 0.3) is 0 Å². The minimum absolute atomic E-state index is 0.319. The van der Waals surface area contributed by atoms with E-state index in [9.17, 15) is 8.42 Å². The Morgan fingerprint density at radius 3 is 2.67 bits per heavy atom. The van der Waals surface area contributed by atoms with Gasteiger partial charge in [-0.05, 0) is 12.1 Å². The Morgan fingerprint density at radius 1 is 1.58 bits per heavy atom. The van der Waals surface area contributed by atoms with Crippen molar-refractivity contribution < 1.29 is 13.0 Å². The van der Waals surface area contributed by atoms with Crippen molar-refractivity contribution in [3.63, 3.8) is 0 Å². The SMILES string of the molecule is CN(c1cccnc1)S(=O)(=O)O. The molecule has 5 nitrogen and oxygen atoms in total. The molecule has 0 aliphatic rings. The van der Waals surface area contributed by atoms with Crippen LogP contribution in [0.4, 0.5) is 5.69 Å². The molecule has 1 N–H and O–H groups in total. The monoisotopic (exact) mass is 188 g/mol. The van der Waals surface area contributed by atoms with Crippen molar-refractivity contribution in [2.75, 3.05) is 11.4 Å². The zero-order valence-corrected chi connectivity index (χ0v) is 7.19. The maximum Gasteiger partial charge on any atom is 0.359 e. The number of hydrogen-bond acceptors (Lipinski definition) is 3. The summed E-state index contributed by atoms with van der Waals surface area (Å²) in [6.07, 6.45) is 2.86. The fourth-order valence-electron chi connectivity index (χ4n) is 0.673. The zero-order chi connectivity index (χ0) is 9.19. The van der Waals surface area contributed by atoms with Crippen LogP contribution in [0.3, 0.4) is 0 Å². The number of aromatic nitrogens is 1. The first kappa shape index (κ1) is 8.95. The first-order valence-corrected chi connectivity index (χ1v) is 4.53. The van der Waals surface area contributed by atoms with E-state index in [0.29, 0.717) is 5.69 Å². The third-order valence-corrected chi connectivity index (χ3v) is 2.26. The minimum atomic E-state index is -4.16. The molecule has 0 atom stereocenters. The predicted octanol–water partition coefficient (Wildman–Crippen LogP) is 0.321. The van der Waals surface area contributed by atoms with E-state index < -0.39 is 10.3 Å². The molecule has 12 heavy (non-hydrogen) atoms. The van der Waals surface area contributed by atoms with E-state index in [1.54, 1.807) is 6.07 Å². The van der Waals surface area contributed by atoms with Crippen LogP contribution in [0, 0.1) is 0 Å². The van der Waals surface area contributed by atoms with Gasteiger partial charge >= 0.3 is 10.3 Å². The lowest BCUT2D eigenvalue weighted by Gasteiger charge is -2.13. The standard InChI is InChI=1S/C6H8N2O3S/c1-8(12(9,10)11)6-3-2-4-7-5-6/h2-5H,1H3,(H,9,10,11). The lowest BCUT2D eigenvalue weighted by Crippen LogP contribution is -2.25. The summed E-state index contributed by atoms with van der Waals surface area (Å²) >= 11 is 0. The summed E-state index contributed by atoms with van der Waals surface area (Å²) in [5.74, 6) is 0. The topological polar surface area (TPSA) is 70.5 Å². The van der Waals surface area contributed by atoms with Gasteiger partial charge in [0.1, 0.15) is 0 Å². The molecule has 1 aromatic rings. The first-order valence-electron chi connectivity index (χ1n) is 3.13. The van der Waals surface area contributed by atoms with Gasteiger partial charge in [0.2, 0.25) is 0 Å². The van der Waals surface area contributed by atoms with Gasteiger partial charge in [0.15, 0.2) is 0 Å². The van der Waals surface area contributed by atoms with Crippen molar-refractivity contribution in [3.05, 3.63) is 24.5 Å². The molecule has 0 aliphatic heterocycles. The van der Waals surface area contributed by atoms with Crippen molar-refractivity contribution >= 4 is 16.0 Å².